The SMILES string of the molecule is N#Cc1ccc(Cc2ccccc2)cc1-c1cc(=O)c2cc([N+](=O)[O-])c(O)cc2o1. The molecule has 1 aromatic heterocycles. The average molecular weight is 398 g/mol. The number of benzene rings is 3. The number of rotatable bonds is 4. The van der Waals surface area contributed by atoms with Crippen LogP contribution >= 0.6 is 0 Å². The maximum absolute atomic E-state index is 12.6. The third kappa shape index (κ3) is 3.50. The normalized spacial score (nSPS) is 10.6. The largest absolute Gasteiger partial charge is 0.502 e. The molecule has 3 aromatic carbocycles. The molecular formula is C23H14N2O5. The molecule has 0 spiro atoms. The standard InChI is InChI=1S/C23H14N2O5/c24-13-16-7-6-15(8-14-4-2-1-3-5-14)9-17(16)22-11-20(26)18-10-19(25(28)29)21(27)12-23(18)30-22/h1-7,9-12,27H,8H2. The second kappa shape index (κ2) is 7.53. The molecule has 4 rings (SSSR count). The lowest BCUT2D eigenvalue weighted by Crippen LogP contribution is -2.02. The zero-order valence-electron chi connectivity index (χ0n) is 15.5. The number of aromatic hydroxyl groups is 1. The summed E-state index contributed by atoms with van der Waals surface area (Å²) in [5, 5.41) is 30.4. The van der Waals surface area contributed by atoms with Gasteiger partial charge in [0, 0.05) is 23.8 Å². The van der Waals surface area contributed by atoms with Gasteiger partial charge in [-0.1, -0.05) is 36.4 Å². The zero-order chi connectivity index (χ0) is 21.3. The number of hydrogen-bond donors (Lipinski definition) is 1. The van der Waals surface area contributed by atoms with Gasteiger partial charge in [0.05, 0.1) is 21.9 Å². The Morgan fingerprint density at radius 3 is 2.50 bits per heavy atom. The van der Waals surface area contributed by atoms with Crippen molar-refractivity contribution in [3.8, 4) is 23.1 Å². The summed E-state index contributed by atoms with van der Waals surface area (Å²) in [4.78, 5) is 22.8. The Balaban J connectivity index is 1.86. The summed E-state index contributed by atoms with van der Waals surface area (Å²) >= 11 is 0. The molecular weight excluding hydrogens is 384 g/mol. The molecule has 0 aliphatic carbocycles. The van der Waals surface area contributed by atoms with Gasteiger partial charge in [-0.2, -0.15) is 5.26 Å². The van der Waals surface area contributed by atoms with E-state index in [9.17, 15) is 25.3 Å². The third-order valence-electron chi connectivity index (χ3n) is 4.74. The molecule has 0 radical (unpaired) electrons. The number of fused-ring (bicyclic) bond motifs is 1. The number of phenols is 1. The van der Waals surface area contributed by atoms with Gasteiger partial charge in [0.2, 0.25) is 0 Å². The number of phenolic OH excluding ortho intramolecular Hbond substituents is 1. The number of hydrogen-bond acceptors (Lipinski definition) is 6. The number of nitrogens with zero attached hydrogens (tertiary/aromatic N) is 2. The Morgan fingerprint density at radius 1 is 1.03 bits per heavy atom. The van der Waals surface area contributed by atoms with Crippen molar-refractivity contribution < 1.29 is 14.4 Å². The molecule has 0 saturated carbocycles. The van der Waals surface area contributed by atoms with Gasteiger partial charge in [0.15, 0.2) is 11.2 Å². The lowest BCUT2D eigenvalue weighted by Gasteiger charge is -2.09. The lowest BCUT2D eigenvalue weighted by molar-refractivity contribution is -0.385. The Morgan fingerprint density at radius 2 is 1.80 bits per heavy atom. The van der Waals surface area contributed by atoms with Gasteiger partial charge >= 0.3 is 5.69 Å². The molecule has 30 heavy (non-hydrogen) atoms. The van der Waals surface area contributed by atoms with Crippen LogP contribution in [0, 0.1) is 21.4 Å². The fourth-order valence-electron chi connectivity index (χ4n) is 3.29. The minimum Gasteiger partial charge on any atom is -0.502 e. The summed E-state index contributed by atoms with van der Waals surface area (Å²) in [6, 6.07) is 20.4. The van der Waals surface area contributed by atoms with Crippen molar-refractivity contribution in [1.82, 2.24) is 0 Å². The lowest BCUT2D eigenvalue weighted by atomic mass is 9.98. The highest BCUT2D eigenvalue weighted by Gasteiger charge is 2.19. The van der Waals surface area contributed by atoms with Gasteiger partial charge < -0.3 is 9.52 Å². The van der Waals surface area contributed by atoms with Gasteiger partial charge in [-0.15, -0.1) is 0 Å². The van der Waals surface area contributed by atoms with E-state index in [0.717, 1.165) is 23.3 Å². The Labute approximate surface area is 170 Å². The van der Waals surface area contributed by atoms with E-state index < -0.39 is 21.8 Å². The van der Waals surface area contributed by atoms with Crippen LogP contribution in [0.3, 0.4) is 0 Å². The average Bonchev–Trinajstić information content (AvgIpc) is 2.73. The molecule has 0 atom stereocenters. The topological polar surface area (TPSA) is 117 Å². The highest BCUT2D eigenvalue weighted by atomic mass is 16.6. The van der Waals surface area contributed by atoms with Crippen molar-refractivity contribution in [3.05, 3.63) is 104 Å². The second-order valence-corrected chi connectivity index (χ2v) is 6.72. The van der Waals surface area contributed by atoms with Gasteiger partial charge in [-0.3, -0.25) is 14.9 Å². The Bertz CT molecular complexity index is 1380. The molecule has 146 valence electrons. The molecule has 0 aliphatic heterocycles. The van der Waals surface area contributed by atoms with Gasteiger partial charge in [0.1, 0.15) is 11.3 Å². The monoisotopic (exact) mass is 398 g/mol. The van der Waals surface area contributed by atoms with Crippen LogP contribution < -0.4 is 5.43 Å². The Hall–Kier alpha value is -4.44. The smallest absolute Gasteiger partial charge is 0.311 e. The Kier molecular flexibility index (Phi) is 4.74. The van der Waals surface area contributed by atoms with Crippen LogP contribution in [-0.4, -0.2) is 10.0 Å². The van der Waals surface area contributed by atoms with Crippen molar-refractivity contribution in [3.63, 3.8) is 0 Å². The molecule has 1 heterocycles. The number of nitro groups is 1. The first kappa shape index (κ1) is 18.9. The van der Waals surface area contributed by atoms with Gasteiger partial charge in [-0.25, -0.2) is 0 Å². The summed E-state index contributed by atoms with van der Waals surface area (Å²) in [6.45, 7) is 0. The summed E-state index contributed by atoms with van der Waals surface area (Å²) in [6.07, 6.45) is 0.629. The van der Waals surface area contributed by atoms with E-state index >= 15 is 0 Å². The van der Waals surface area contributed by atoms with E-state index in [1.807, 2.05) is 36.4 Å². The summed E-state index contributed by atoms with van der Waals surface area (Å²) < 4.78 is 5.76. The molecule has 4 aromatic rings. The van der Waals surface area contributed by atoms with Crippen LogP contribution in [0.15, 0.2) is 75.9 Å². The van der Waals surface area contributed by atoms with Crippen LogP contribution in [-0.2, 0) is 6.42 Å². The second-order valence-electron chi connectivity index (χ2n) is 6.72. The molecule has 1 N–H and O–H groups in total. The number of nitriles is 1. The fraction of sp³-hybridized carbons (Fsp3) is 0.0435. The first-order valence-corrected chi connectivity index (χ1v) is 8.99. The molecule has 0 bridgehead atoms. The molecule has 0 saturated heterocycles. The molecule has 7 heteroatoms. The van der Waals surface area contributed by atoms with Crippen molar-refractivity contribution in [2.24, 2.45) is 0 Å². The molecule has 0 amide bonds. The van der Waals surface area contributed by atoms with E-state index in [1.165, 1.54) is 6.07 Å². The van der Waals surface area contributed by atoms with E-state index in [4.69, 9.17) is 4.42 Å². The fourth-order valence-corrected chi connectivity index (χ4v) is 3.29. The zero-order valence-corrected chi connectivity index (χ0v) is 15.5. The molecule has 7 nitrogen and oxygen atoms in total. The first-order valence-electron chi connectivity index (χ1n) is 8.99. The summed E-state index contributed by atoms with van der Waals surface area (Å²) in [7, 11) is 0. The van der Waals surface area contributed by atoms with Gasteiger partial charge in [0.25, 0.3) is 0 Å². The van der Waals surface area contributed by atoms with Crippen LogP contribution in [0.1, 0.15) is 16.7 Å². The van der Waals surface area contributed by atoms with Crippen LogP contribution in [0.2, 0.25) is 0 Å². The quantitative estimate of drug-likeness (QED) is 0.398. The molecule has 0 aliphatic rings. The first-order chi connectivity index (χ1) is 14.5. The summed E-state index contributed by atoms with van der Waals surface area (Å²) in [5.41, 5.74) is 1.67. The highest BCUT2D eigenvalue weighted by molar-refractivity contribution is 5.84. The van der Waals surface area contributed by atoms with E-state index in [1.54, 1.807) is 12.1 Å². The third-order valence-corrected chi connectivity index (χ3v) is 4.74. The maximum Gasteiger partial charge on any atom is 0.311 e. The predicted octanol–water partition coefficient (Wildman–Crippen LogP) is 4.54. The van der Waals surface area contributed by atoms with E-state index in [0.29, 0.717) is 17.5 Å². The maximum atomic E-state index is 12.6. The molecule has 0 unspecified atom stereocenters. The summed E-state index contributed by atoms with van der Waals surface area (Å²) in [5.74, 6) is -0.460. The van der Waals surface area contributed by atoms with E-state index in [-0.39, 0.29) is 16.7 Å². The predicted molar refractivity (Wildman–Crippen MR) is 110 cm³/mol. The van der Waals surface area contributed by atoms with Crippen molar-refractivity contribution in [2.45, 2.75) is 6.42 Å². The minimum absolute atomic E-state index is 0.00190. The van der Waals surface area contributed by atoms with Crippen molar-refractivity contribution in [2.75, 3.05) is 0 Å². The molecule has 0 fully saturated rings. The number of nitro benzene ring substituents is 1. The van der Waals surface area contributed by atoms with Crippen LogP contribution in [0.4, 0.5) is 5.69 Å². The van der Waals surface area contributed by atoms with Crippen molar-refractivity contribution in [1.29, 1.82) is 5.26 Å². The van der Waals surface area contributed by atoms with E-state index in [2.05, 4.69) is 6.07 Å². The van der Waals surface area contributed by atoms with Crippen molar-refractivity contribution >= 4 is 16.7 Å². The van der Waals surface area contributed by atoms with Crippen LogP contribution in [0.25, 0.3) is 22.3 Å². The van der Waals surface area contributed by atoms with Crippen LogP contribution in [0.5, 0.6) is 5.75 Å². The highest BCUT2D eigenvalue weighted by Crippen LogP contribution is 2.33. The minimum atomic E-state index is -0.775. The van der Waals surface area contributed by atoms with Gasteiger partial charge in [-0.05, 0) is 29.7 Å².